The van der Waals surface area contributed by atoms with Crippen molar-refractivity contribution >= 4 is 5.91 Å². The summed E-state index contributed by atoms with van der Waals surface area (Å²) in [5.74, 6) is 1.20. The van der Waals surface area contributed by atoms with Gasteiger partial charge in [-0.3, -0.25) is 4.79 Å². The van der Waals surface area contributed by atoms with Gasteiger partial charge in [0.15, 0.2) is 0 Å². The van der Waals surface area contributed by atoms with Crippen molar-refractivity contribution in [2.75, 3.05) is 13.1 Å². The van der Waals surface area contributed by atoms with Crippen LogP contribution in [0.1, 0.15) is 55.8 Å². The Hall–Kier alpha value is -1.55. The minimum atomic E-state index is 0.0111. The van der Waals surface area contributed by atoms with Crippen LogP contribution < -0.4 is 10.6 Å². The molecule has 0 saturated heterocycles. The van der Waals surface area contributed by atoms with Crippen LogP contribution in [0.2, 0.25) is 0 Å². The summed E-state index contributed by atoms with van der Waals surface area (Å²) < 4.78 is 0. The normalized spacial score (nSPS) is 20.6. The summed E-state index contributed by atoms with van der Waals surface area (Å²) in [7, 11) is 0. The number of fused-ring (bicyclic) bond motifs is 1. The standard InChI is InChI=1S/C17H26N2O2/c1-10(2)8-19-15(21)9-18-13-7-12(4)16-11(3)5-6-14(20)17(13)16/h5-6,10,12-13,18,20H,7-9H2,1-4H3,(H,19,21). The second kappa shape index (κ2) is 6.48. The Balaban J connectivity index is 2.02. The van der Waals surface area contributed by atoms with Crippen molar-refractivity contribution in [2.45, 2.75) is 46.1 Å². The van der Waals surface area contributed by atoms with Gasteiger partial charge in [-0.15, -0.1) is 0 Å². The molecule has 1 aromatic rings. The van der Waals surface area contributed by atoms with Gasteiger partial charge in [-0.2, -0.15) is 0 Å². The highest BCUT2D eigenvalue weighted by molar-refractivity contribution is 5.78. The molecule has 1 aliphatic rings. The molecule has 2 rings (SSSR count). The molecule has 0 aliphatic heterocycles. The van der Waals surface area contributed by atoms with E-state index in [0.717, 1.165) is 12.0 Å². The van der Waals surface area contributed by atoms with Crippen molar-refractivity contribution in [1.82, 2.24) is 10.6 Å². The fourth-order valence-electron chi connectivity index (χ4n) is 3.13. The van der Waals surface area contributed by atoms with Gasteiger partial charge in [-0.05, 0) is 42.4 Å². The minimum absolute atomic E-state index is 0.0111. The highest BCUT2D eigenvalue weighted by Gasteiger charge is 2.32. The van der Waals surface area contributed by atoms with Crippen molar-refractivity contribution in [3.63, 3.8) is 0 Å². The lowest BCUT2D eigenvalue weighted by Gasteiger charge is -2.16. The first-order valence-corrected chi connectivity index (χ1v) is 7.72. The Kier molecular flexibility index (Phi) is 4.88. The molecule has 2 unspecified atom stereocenters. The summed E-state index contributed by atoms with van der Waals surface area (Å²) in [4.78, 5) is 11.8. The Morgan fingerprint density at radius 3 is 2.76 bits per heavy atom. The van der Waals surface area contributed by atoms with Crippen LogP contribution in [0.5, 0.6) is 5.75 Å². The number of hydrogen-bond acceptors (Lipinski definition) is 3. The van der Waals surface area contributed by atoms with E-state index in [1.165, 1.54) is 11.1 Å². The van der Waals surface area contributed by atoms with Gasteiger partial charge in [0.2, 0.25) is 5.91 Å². The van der Waals surface area contributed by atoms with Crippen LogP contribution in [0.25, 0.3) is 0 Å². The molecule has 1 aliphatic carbocycles. The number of aryl methyl sites for hydroxylation is 1. The highest BCUT2D eigenvalue weighted by atomic mass is 16.3. The number of aromatic hydroxyl groups is 1. The molecule has 0 saturated carbocycles. The third-order valence-corrected chi connectivity index (χ3v) is 4.13. The predicted molar refractivity (Wildman–Crippen MR) is 84.5 cm³/mol. The zero-order valence-corrected chi connectivity index (χ0v) is 13.4. The van der Waals surface area contributed by atoms with Gasteiger partial charge in [0.05, 0.1) is 6.54 Å². The van der Waals surface area contributed by atoms with E-state index in [1.807, 2.05) is 6.07 Å². The molecule has 0 bridgehead atoms. The van der Waals surface area contributed by atoms with E-state index in [2.05, 4.69) is 38.3 Å². The number of phenols is 1. The van der Waals surface area contributed by atoms with Crippen LogP contribution in [0, 0.1) is 12.8 Å². The lowest BCUT2D eigenvalue weighted by molar-refractivity contribution is -0.120. The van der Waals surface area contributed by atoms with E-state index >= 15 is 0 Å². The maximum atomic E-state index is 11.8. The van der Waals surface area contributed by atoms with Gasteiger partial charge < -0.3 is 15.7 Å². The maximum Gasteiger partial charge on any atom is 0.233 e. The summed E-state index contributed by atoms with van der Waals surface area (Å²) >= 11 is 0. The van der Waals surface area contributed by atoms with Crippen molar-refractivity contribution in [1.29, 1.82) is 0 Å². The molecule has 0 radical (unpaired) electrons. The largest absolute Gasteiger partial charge is 0.508 e. The molecule has 1 aromatic carbocycles. The average Bonchev–Trinajstić information content (AvgIpc) is 2.76. The summed E-state index contributed by atoms with van der Waals surface area (Å²) in [6.07, 6.45) is 0.922. The van der Waals surface area contributed by atoms with E-state index in [4.69, 9.17) is 0 Å². The monoisotopic (exact) mass is 290 g/mol. The maximum absolute atomic E-state index is 11.8. The van der Waals surface area contributed by atoms with E-state index < -0.39 is 0 Å². The SMILES string of the molecule is Cc1ccc(O)c2c1C(C)CC2NCC(=O)NCC(C)C. The van der Waals surface area contributed by atoms with Gasteiger partial charge in [-0.1, -0.05) is 26.8 Å². The lowest BCUT2D eigenvalue weighted by atomic mass is 9.97. The number of amides is 1. The molecule has 2 atom stereocenters. The minimum Gasteiger partial charge on any atom is -0.508 e. The number of rotatable bonds is 5. The molecular weight excluding hydrogens is 264 g/mol. The van der Waals surface area contributed by atoms with Gasteiger partial charge >= 0.3 is 0 Å². The first kappa shape index (κ1) is 15.8. The summed E-state index contributed by atoms with van der Waals surface area (Å²) in [5.41, 5.74) is 3.41. The van der Waals surface area contributed by atoms with Gasteiger partial charge in [-0.25, -0.2) is 0 Å². The quantitative estimate of drug-likeness (QED) is 0.781. The molecule has 21 heavy (non-hydrogen) atoms. The molecule has 0 heterocycles. The molecule has 4 nitrogen and oxygen atoms in total. The Bertz CT molecular complexity index is 526. The van der Waals surface area contributed by atoms with Crippen LogP contribution in [0.15, 0.2) is 12.1 Å². The summed E-state index contributed by atoms with van der Waals surface area (Å²) in [6.45, 7) is 9.38. The number of benzene rings is 1. The van der Waals surface area contributed by atoms with E-state index in [-0.39, 0.29) is 18.5 Å². The van der Waals surface area contributed by atoms with Crippen molar-refractivity contribution in [3.05, 3.63) is 28.8 Å². The number of carbonyl (C=O) groups excluding carboxylic acids is 1. The van der Waals surface area contributed by atoms with E-state index in [0.29, 0.717) is 24.1 Å². The molecular formula is C17H26N2O2. The van der Waals surface area contributed by atoms with Crippen molar-refractivity contribution < 1.29 is 9.90 Å². The molecule has 116 valence electrons. The van der Waals surface area contributed by atoms with E-state index in [9.17, 15) is 9.90 Å². The van der Waals surface area contributed by atoms with Crippen LogP contribution in [0.3, 0.4) is 0 Å². The smallest absolute Gasteiger partial charge is 0.233 e. The van der Waals surface area contributed by atoms with Crippen LogP contribution in [0.4, 0.5) is 0 Å². The number of nitrogens with one attached hydrogen (secondary N) is 2. The number of carbonyl (C=O) groups is 1. The fraction of sp³-hybridized carbons (Fsp3) is 0.588. The van der Waals surface area contributed by atoms with Crippen LogP contribution >= 0.6 is 0 Å². The summed E-state index contributed by atoms with van der Waals surface area (Å²) in [6, 6.07) is 3.77. The first-order chi connectivity index (χ1) is 9.90. The molecule has 0 spiro atoms. The topological polar surface area (TPSA) is 61.4 Å². The first-order valence-electron chi connectivity index (χ1n) is 7.72. The zero-order chi connectivity index (χ0) is 15.6. The zero-order valence-electron chi connectivity index (χ0n) is 13.4. The predicted octanol–water partition coefficient (Wildman–Crippen LogP) is 2.61. The molecule has 4 heteroatoms. The third-order valence-electron chi connectivity index (χ3n) is 4.13. The van der Waals surface area contributed by atoms with Crippen molar-refractivity contribution in [3.8, 4) is 5.75 Å². The highest BCUT2D eigenvalue weighted by Crippen LogP contribution is 2.45. The Morgan fingerprint density at radius 2 is 2.10 bits per heavy atom. The van der Waals surface area contributed by atoms with Crippen LogP contribution in [-0.2, 0) is 4.79 Å². The third kappa shape index (κ3) is 3.56. The molecule has 3 N–H and O–H groups in total. The fourth-order valence-corrected chi connectivity index (χ4v) is 3.13. The van der Waals surface area contributed by atoms with Gasteiger partial charge in [0.1, 0.15) is 5.75 Å². The molecule has 1 amide bonds. The van der Waals surface area contributed by atoms with Crippen molar-refractivity contribution in [2.24, 2.45) is 5.92 Å². The second-order valence-electron chi connectivity index (χ2n) is 6.50. The molecule has 0 fully saturated rings. The van der Waals surface area contributed by atoms with Gasteiger partial charge in [0, 0.05) is 18.2 Å². The van der Waals surface area contributed by atoms with E-state index in [1.54, 1.807) is 6.07 Å². The Labute approximate surface area is 126 Å². The Morgan fingerprint density at radius 1 is 1.38 bits per heavy atom. The summed E-state index contributed by atoms with van der Waals surface area (Å²) in [5, 5.41) is 16.3. The second-order valence-corrected chi connectivity index (χ2v) is 6.50. The lowest BCUT2D eigenvalue weighted by Crippen LogP contribution is -2.36. The van der Waals surface area contributed by atoms with Crippen LogP contribution in [-0.4, -0.2) is 24.1 Å². The number of phenolic OH excluding ortho intramolecular Hbond substituents is 1. The van der Waals surface area contributed by atoms with Gasteiger partial charge in [0.25, 0.3) is 0 Å². The average molecular weight is 290 g/mol. The number of hydrogen-bond donors (Lipinski definition) is 3. The molecule has 0 aromatic heterocycles.